The number of rotatable bonds is 6. The number of nitrogens with zero attached hydrogens (tertiary/aromatic N) is 1. The molecular formula is C22H27N3O3. The van der Waals surface area contributed by atoms with Gasteiger partial charge in [-0.15, -0.1) is 0 Å². The number of ether oxygens (including phenoxy) is 1. The second-order valence-corrected chi connectivity index (χ2v) is 6.90. The minimum atomic E-state index is -0.239. The Balaban J connectivity index is 1.67. The predicted octanol–water partition coefficient (Wildman–Crippen LogP) is 3.76. The topological polar surface area (TPSA) is 70.7 Å². The van der Waals surface area contributed by atoms with Gasteiger partial charge in [-0.2, -0.15) is 0 Å². The van der Waals surface area contributed by atoms with E-state index in [-0.39, 0.29) is 17.9 Å². The van der Waals surface area contributed by atoms with E-state index >= 15 is 0 Å². The van der Waals surface area contributed by atoms with Crippen LogP contribution in [0.1, 0.15) is 36.5 Å². The van der Waals surface area contributed by atoms with Gasteiger partial charge in [0.05, 0.1) is 13.2 Å². The van der Waals surface area contributed by atoms with Gasteiger partial charge in [0.15, 0.2) is 0 Å². The lowest BCUT2D eigenvalue weighted by Gasteiger charge is -2.33. The molecule has 1 saturated heterocycles. The zero-order valence-corrected chi connectivity index (χ0v) is 16.4. The van der Waals surface area contributed by atoms with Crippen molar-refractivity contribution in [1.82, 2.24) is 4.90 Å². The van der Waals surface area contributed by atoms with Crippen molar-refractivity contribution in [3.8, 4) is 5.75 Å². The fourth-order valence-corrected chi connectivity index (χ4v) is 3.53. The highest BCUT2D eigenvalue weighted by molar-refractivity contribution is 6.05. The van der Waals surface area contributed by atoms with Gasteiger partial charge in [-0.3, -0.25) is 14.5 Å². The second kappa shape index (κ2) is 9.37. The number of methoxy groups -OCH3 is 1. The van der Waals surface area contributed by atoms with E-state index in [4.69, 9.17) is 4.74 Å². The molecule has 0 aliphatic carbocycles. The van der Waals surface area contributed by atoms with Gasteiger partial charge in [0.2, 0.25) is 5.91 Å². The number of amides is 2. The normalized spacial score (nSPS) is 17.0. The van der Waals surface area contributed by atoms with Crippen LogP contribution >= 0.6 is 0 Å². The molecule has 0 radical (unpaired) electrons. The van der Waals surface area contributed by atoms with Crippen molar-refractivity contribution in [3.05, 3.63) is 54.1 Å². The van der Waals surface area contributed by atoms with Crippen molar-refractivity contribution in [1.29, 1.82) is 0 Å². The molecule has 0 bridgehead atoms. The molecule has 1 aliphatic heterocycles. The van der Waals surface area contributed by atoms with Crippen molar-refractivity contribution in [3.63, 3.8) is 0 Å². The van der Waals surface area contributed by atoms with Gasteiger partial charge in [0.1, 0.15) is 5.75 Å². The van der Waals surface area contributed by atoms with Gasteiger partial charge in [0, 0.05) is 23.0 Å². The van der Waals surface area contributed by atoms with E-state index in [0.29, 0.717) is 22.7 Å². The van der Waals surface area contributed by atoms with E-state index in [1.807, 2.05) is 12.1 Å². The van der Waals surface area contributed by atoms with E-state index in [9.17, 15) is 9.59 Å². The Labute approximate surface area is 165 Å². The van der Waals surface area contributed by atoms with Crippen LogP contribution in [0.5, 0.6) is 5.75 Å². The van der Waals surface area contributed by atoms with Crippen molar-refractivity contribution in [2.75, 3.05) is 30.8 Å². The van der Waals surface area contributed by atoms with E-state index in [1.165, 1.54) is 0 Å². The molecular weight excluding hydrogens is 354 g/mol. The first-order chi connectivity index (χ1) is 13.6. The van der Waals surface area contributed by atoms with E-state index in [1.54, 1.807) is 43.5 Å². The van der Waals surface area contributed by atoms with Crippen LogP contribution in [0.4, 0.5) is 11.4 Å². The number of anilines is 2. The number of nitrogens with one attached hydrogen (secondary N) is 2. The minimum Gasteiger partial charge on any atom is -0.497 e. The highest BCUT2D eigenvalue weighted by Gasteiger charge is 2.27. The lowest BCUT2D eigenvalue weighted by atomic mass is 10.0. The van der Waals surface area contributed by atoms with Crippen LogP contribution in [0, 0.1) is 0 Å². The molecule has 28 heavy (non-hydrogen) atoms. The summed E-state index contributed by atoms with van der Waals surface area (Å²) in [6.07, 6.45) is 3.07. The van der Waals surface area contributed by atoms with E-state index < -0.39 is 0 Å². The lowest BCUT2D eigenvalue weighted by Crippen LogP contribution is -2.46. The number of likely N-dealkylation sites (N-methyl/N-ethyl adjacent to an activating group) is 1. The van der Waals surface area contributed by atoms with Gasteiger partial charge < -0.3 is 15.4 Å². The van der Waals surface area contributed by atoms with Crippen LogP contribution in [0.2, 0.25) is 0 Å². The Morgan fingerprint density at radius 3 is 2.57 bits per heavy atom. The highest BCUT2D eigenvalue weighted by Crippen LogP contribution is 2.20. The third-order valence-corrected chi connectivity index (χ3v) is 5.04. The molecule has 148 valence electrons. The summed E-state index contributed by atoms with van der Waals surface area (Å²) >= 11 is 0. The molecule has 0 aromatic heterocycles. The SMILES string of the molecule is CCN1CCCC[C@@H]1C(=O)Nc1cccc(C(=O)Nc2cccc(OC)c2)c1. The summed E-state index contributed by atoms with van der Waals surface area (Å²) in [5.41, 5.74) is 1.76. The fraction of sp³-hybridized carbons (Fsp3) is 0.364. The number of hydrogen-bond acceptors (Lipinski definition) is 4. The molecule has 0 unspecified atom stereocenters. The number of carbonyl (C=O) groups is 2. The smallest absolute Gasteiger partial charge is 0.255 e. The van der Waals surface area contributed by atoms with E-state index in [2.05, 4.69) is 22.5 Å². The van der Waals surface area contributed by atoms with Crippen molar-refractivity contribution in [2.24, 2.45) is 0 Å². The van der Waals surface area contributed by atoms with Crippen molar-refractivity contribution >= 4 is 23.2 Å². The molecule has 2 aromatic rings. The molecule has 6 heteroatoms. The Kier molecular flexibility index (Phi) is 6.66. The number of carbonyl (C=O) groups excluding carboxylic acids is 2. The van der Waals surface area contributed by atoms with Gasteiger partial charge >= 0.3 is 0 Å². The maximum atomic E-state index is 12.7. The third kappa shape index (κ3) is 4.89. The van der Waals surface area contributed by atoms with Crippen molar-refractivity contribution < 1.29 is 14.3 Å². The zero-order valence-electron chi connectivity index (χ0n) is 16.4. The molecule has 1 fully saturated rings. The average molecular weight is 381 g/mol. The highest BCUT2D eigenvalue weighted by atomic mass is 16.5. The molecule has 0 saturated carbocycles. The Morgan fingerprint density at radius 2 is 1.82 bits per heavy atom. The standard InChI is InChI=1S/C22H27N3O3/c1-3-25-13-5-4-12-20(25)22(27)24-17-9-6-8-16(14-17)21(26)23-18-10-7-11-19(15-18)28-2/h6-11,14-15,20H,3-5,12-13H2,1-2H3,(H,23,26)(H,24,27)/t20-/m1/s1. The Morgan fingerprint density at radius 1 is 1.07 bits per heavy atom. The number of benzene rings is 2. The quantitative estimate of drug-likeness (QED) is 0.799. The van der Waals surface area contributed by atoms with Gasteiger partial charge in [0.25, 0.3) is 5.91 Å². The van der Waals surface area contributed by atoms with Crippen LogP contribution in [0.15, 0.2) is 48.5 Å². The maximum absolute atomic E-state index is 12.7. The number of likely N-dealkylation sites (tertiary alicyclic amines) is 1. The van der Waals surface area contributed by atoms with Gasteiger partial charge in [-0.1, -0.05) is 25.5 Å². The summed E-state index contributed by atoms with van der Waals surface area (Å²) in [6.45, 7) is 3.90. The molecule has 6 nitrogen and oxygen atoms in total. The van der Waals surface area contributed by atoms with Crippen LogP contribution in [-0.4, -0.2) is 43.0 Å². The molecule has 1 aliphatic rings. The average Bonchev–Trinajstić information content (AvgIpc) is 2.74. The van der Waals surface area contributed by atoms with Crippen LogP contribution in [0.25, 0.3) is 0 Å². The number of piperidine rings is 1. The lowest BCUT2D eigenvalue weighted by molar-refractivity contribution is -0.122. The molecule has 1 atom stereocenters. The minimum absolute atomic E-state index is 0.00750. The van der Waals surface area contributed by atoms with Gasteiger partial charge in [-0.05, 0) is 56.3 Å². The summed E-state index contributed by atoms with van der Waals surface area (Å²) in [4.78, 5) is 27.5. The predicted molar refractivity (Wildman–Crippen MR) is 111 cm³/mol. The summed E-state index contributed by atoms with van der Waals surface area (Å²) < 4.78 is 5.18. The molecule has 2 N–H and O–H groups in total. The molecule has 0 spiro atoms. The summed E-state index contributed by atoms with van der Waals surface area (Å²) in [7, 11) is 1.58. The Hall–Kier alpha value is -2.86. The fourth-order valence-electron chi connectivity index (χ4n) is 3.53. The molecule has 3 rings (SSSR count). The second-order valence-electron chi connectivity index (χ2n) is 6.90. The molecule has 2 amide bonds. The number of hydrogen-bond donors (Lipinski definition) is 2. The summed E-state index contributed by atoms with van der Waals surface area (Å²) in [6, 6.07) is 14.1. The van der Waals surface area contributed by atoms with Crippen LogP contribution in [-0.2, 0) is 4.79 Å². The monoisotopic (exact) mass is 381 g/mol. The van der Waals surface area contributed by atoms with Crippen molar-refractivity contribution in [2.45, 2.75) is 32.2 Å². The van der Waals surface area contributed by atoms with Crippen LogP contribution in [0.3, 0.4) is 0 Å². The summed E-state index contributed by atoms with van der Waals surface area (Å²) in [5, 5.41) is 5.83. The zero-order chi connectivity index (χ0) is 19.9. The molecule has 2 aromatic carbocycles. The van der Waals surface area contributed by atoms with Gasteiger partial charge in [-0.25, -0.2) is 0 Å². The first-order valence-electron chi connectivity index (χ1n) is 9.71. The Bertz CT molecular complexity index is 837. The summed E-state index contributed by atoms with van der Waals surface area (Å²) in [5.74, 6) is 0.427. The van der Waals surface area contributed by atoms with Crippen LogP contribution < -0.4 is 15.4 Å². The largest absolute Gasteiger partial charge is 0.497 e. The maximum Gasteiger partial charge on any atom is 0.255 e. The molecule has 1 heterocycles. The first kappa shape index (κ1) is 19.9. The third-order valence-electron chi connectivity index (χ3n) is 5.04. The van der Waals surface area contributed by atoms with E-state index in [0.717, 1.165) is 32.4 Å². The first-order valence-corrected chi connectivity index (χ1v) is 9.71.